The minimum atomic E-state index is 0.683. The molecule has 2 saturated heterocycles. The molecular formula is C13H26N2O. The molecule has 0 amide bonds. The zero-order valence-corrected chi connectivity index (χ0v) is 10.7. The van der Waals surface area contributed by atoms with Crippen LogP contribution in [0.4, 0.5) is 0 Å². The molecule has 2 aliphatic rings. The molecule has 3 unspecified atom stereocenters. The molecular weight excluding hydrogens is 200 g/mol. The van der Waals surface area contributed by atoms with Gasteiger partial charge in [-0.25, -0.2) is 0 Å². The van der Waals surface area contributed by atoms with Crippen molar-refractivity contribution in [3.05, 3.63) is 0 Å². The summed E-state index contributed by atoms with van der Waals surface area (Å²) in [6.45, 7) is 7.03. The zero-order chi connectivity index (χ0) is 11.4. The second-order valence-electron chi connectivity index (χ2n) is 5.38. The van der Waals surface area contributed by atoms with E-state index in [1.165, 1.54) is 45.3 Å². The summed E-state index contributed by atoms with van der Waals surface area (Å²) in [4.78, 5) is 2.66. The van der Waals surface area contributed by atoms with Gasteiger partial charge in [0.25, 0.3) is 0 Å². The lowest BCUT2D eigenvalue weighted by molar-refractivity contribution is 0.0687. The number of hydrogen-bond acceptors (Lipinski definition) is 3. The van der Waals surface area contributed by atoms with Gasteiger partial charge in [-0.2, -0.15) is 0 Å². The average Bonchev–Trinajstić information content (AvgIpc) is 2.35. The van der Waals surface area contributed by atoms with Gasteiger partial charge < -0.3 is 15.0 Å². The Morgan fingerprint density at radius 3 is 3.12 bits per heavy atom. The van der Waals surface area contributed by atoms with Crippen LogP contribution in [0.2, 0.25) is 0 Å². The lowest BCUT2D eigenvalue weighted by Gasteiger charge is -2.44. The highest BCUT2D eigenvalue weighted by Crippen LogP contribution is 2.26. The van der Waals surface area contributed by atoms with E-state index >= 15 is 0 Å². The van der Waals surface area contributed by atoms with Crippen LogP contribution in [0.1, 0.15) is 32.6 Å². The first-order chi connectivity index (χ1) is 7.81. The van der Waals surface area contributed by atoms with E-state index in [-0.39, 0.29) is 0 Å². The van der Waals surface area contributed by atoms with E-state index in [4.69, 9.17) is 4.74 Å². The van der Waals surface area contributed by atoms with Crippen LogP contribution in [0.3, 0.4) is 0 Å². The second kappa shape index (κ2) is 5.99. The molecule has 0 aromatic heterocycles. The average molecular weight is 226 g/mol. The van der Waals surface area contributed by atoms with Gasteiger partial charge in [0, 0.05) is 32.3 Å². The Morgan fingerprint density at radius 2 is 2.31 bits per heavy atom. The van der Waals surface area contributed by atoms with Crippen LogP contribution in [-0.4, -0.2) is 50.3 Å². The zero-order valence-electron chi connectivity index (χ0n) is 10.7. The van der Waals surface area contributed by atoms with E-state index in [9.17, 15) is 0 Å². The maximum atomic E-state index is 5.17. The summed E-state index contributed by atoms with van der Waals surface area (Å²) in [7, 11) is 1.80. The van der Waals surface area contributed by atoms with Crippen molar-refractivity contribution in [1.82, 2.24) is 10.2 Å². The summed E-state index contributed by atoms with van der Waals surface area (Å²) >= 11 is 0. The van der Waals surface area contributed by atoms with Crippen molar-refractivity contribution in [2.24, 2.45) is 5.92 Å². The third kappa shape index (κ3) is 2.96. The first-order valence-corrected chi connectivity index (χ1v) is 6.77. The summed E-state index contributed by atoms with van der Waals surface area (Å²) in [6, 6.07) is 1.49. The third-order valence-electron chi connectivity index (χ3n) is 4.29. The van der Waals surface area contributed by atoms with Gasteiger partial charge in [0.1, 0.15) is 0 Å². The van der Waals surface area contributed by atoms with Gasteiger partial charge in [0.15, 0.2) is 0 Å². The van der Waals surface area contributed by atoms with Crippen molar-refractivity contribution in [2.75, 3.05) is 33.4 Å². The Kier molecular flexibility index (Phi) is 4.62. The highest BCUT2D eigenvalue weighted by molar-refractivity contribution is 4.89. The van der Waals surface area contributed by atoms with E-state index in [1.54, 1.807) is 7.11 Å². The van der Waals surface area contributed by atoms with Gasteiger partial charge in [0.2, 0.25) is 0 Å². The highest BCUT2D eigenvalue weighted by Gasteiger charge is 2.32. The minimum Gasteiger partial charge on any atom is -0.385 e. The molecule has 0 radical (unpaired) electrons. The summed E-state index contributed by atoms with van der Waals surface area (Å²) in [5, 5.41) is 3.67. The summed E-state index contributed by atoms with van der Waals surface area (Å²) in [6.07, 6.45) is 5.29. The molecule has 16 heavy (non-hydrogen) atoms. The van der Waals surface area contributed by atoms with Gasteiger partial charge in [-0.05, 0) is 51.6 Å². The Morgan fingerprint density at radius 1 is 1.44 bits per heavy atom. The predicted octanol–water partition coefficient (Wildman–Crippen LogP) is 1.49. The quantitative estimate of drug-likeness (QED) is 0.786. The molecule has 0 aromatic carbocycles. The molecule has 0 spiro atoms. The predicted molar refractivity (Wildman–Crippen MR) is 66.7 cm³/mol. The molecule has 3 heteroatoms. The van der Waals surface area contributed by atoms with Crippen molar-refractivity contribution < 1.29 is 4.74 Å². The Bertz CT molecular complexity index is 210. The Labute approximate surface area is 99.5 Å². The van der Waals surface area contributed by atoms with Crippen molar-refractivity contribution in [2.45, 2.75) is 44.7 Å². The standard InChI is InChI=1S/C13H26N2O/c1-11(6-9-16-2)15-8-5-13-12(10-15)4-3-7-14-13/h11-14H,3-10H2,1-2H3. The lowest BCUT2D eigenvalue weighted by atomic mass is 9.85. The summed E-state index contributed by atoms with van der Waals surface area (Å²) < 4.78 is 5.17. The highest BCUT2D eigenvalue weighted by atomic mass is 16.5. The van der Waals surface area contributed by atoms with Crippen LogP contribution in [0.25, 0.3) is 0 Å². The first kappa shape index (κ1) is 12.3. The monoisotopic (exact) mass is 226 g/mol. The Hall–Kier alpha value is -0.120. The van der Waals surface area contributed by atoms with E-state index in [2.05, 4.69) is 17.1 Å². The van der Waals surface area contributed by atoms with Crippen LogP contribution >= 0.6 is 0 Å². The number of likely N-dealkylation sites (tertiary alicyclic amines) is 1. The van der Waals surface area contributed by atoms with Crippen molar-refractivity contribution in [3.63, 3.8) is 0 Å². The van der Waals surface area contributed by atoms with Gasteiger partial charge in [-0.15, -0.1) is 0 Å². The van der Waals surface area contributed by atoms with E-state index < -0.39 is 0 Å². The molecule has 1 N–H and O–H groups in total. The SMILES string of the molecule is COCCC(C)N1CCC2NCCCC2C1. The largest absolute Gasteiger partial charge is 0.385 e. The maximum Gasteiger partial charge on any atom is 0.0477 e. The number of piperidine rings is 2. The van der Waals surface area contributed by atoms with Gasteiger partial charge in [-0.1, -0.05) is 0 Å². The van der Waals surface area contributed by atoms with Crippen LogP contribution in [0.5, 0.6) is 0 Å². The summed E-state index contributed by atoms with van der Waals surface area (Å²) in [5.74, 6) is 0.896. The van der Waals surface area contributed by atoms with Crippen molar-refractivity contribution in [1.29, 1.82) is 0 Å². The van der Waals surface area contributed by atoms with Crippen LogP contribution in [-0.2, 0) is 4.74 Å². The number of rotatable bonds is 4. The fourth-order valence-electron chi connectivity index (χ4n) is 3.14. The first-order valence-electron chi connectivity index (χ1n) is 6.77. The molecule has 3 atom stereocenters. The molecule has 3 nitrogen and oxygen atoms in total. The molecule has 2 aliphatic heterocycles. The topological polar surface area (TPSA) is 24.5 Å². The summed E-state index contributed by atoms with van der Waals surface area (Å²) in [5.41, 5.74) is 0. The molecule has 0 aliphatic carbocycles. The second-order valence-corrected chi connectivity index (χ2v) is 5.38. The van der Waals surface area contributed by atoms with Crippen molar-refractivity contribution >= 4 is 0 Å². The van der Waals surface area contributed by atoms with E-state index in [1.807, 2.05) is 0 Å². The third-order valence-corrected chi connectivity index (χ3v) is 4.29. The van der Waals surface area contributed by atoms with E-state index in [0.717, 1.165) is 18.6 Å². The maximum absolute atomic E-state index is 5.17. The van der Waals surface area contributed by atoms with Crippen molar-refractivity contribution in [3.8, 4) is 0 Å². The normalized spacial score (nSPS) is 33.4. The Balaban J connectivity index is 1.79. The van der Waals surface area contributed by atoms with E-state index in [0.29, 0.717) is 6.04 Å². The number of nitrogens with one attached hydrogen (secondary N) is 1. The molecule has 0 saturated carbocycles. The molecule has 2 fully saturated rings. The molecule has 2 heterocycles. The number of methoxy groups -OCH3 is 1. The van der Waals surface area contributed by atoms with Gasteiger partial charge >= 0.3 is 0 Å². The van der Waals surface area contributed by atoms with Crippen LogP contribution < -0.4 is 5.32 Å². The van der Waals surface area contributed by atoms with Crippen LogP contribution in [0.15, 0.2) is 0 Å². The van der Waals surface area contributed by atoms with Crippen LogP contribution in [0, 0.1) is 5.92 Å². The molecule has 0 bridgehead atoms. The fraction of sp³-hybridized carbons (Fsp3) is 1.00. The van der Waals surface area contributed by atoms with Gasteiger partial charge in [0.05, 0.1) is 0 Å². The minimum absolute atomic E-state index is 0.683. The molecule has 2 rings (SSSR count). The molecule has 0 aromatic rings. The fourth-order valence-corrected chi connectivity index (χ4v) is 3.14. The molecule has 94 valence electrons. The smallest absolute Gasteiger partial charge is 0.0477 e. The van der Waals surface area contributed by atoms with Gasteiger partial charge in [-0.3, -0.25) is 0 Å². The number of nitrogens with zero attached hydrogens (tertiary/aromatic N) is 1. The number of fused-ring (bicyclic) bond motifs is 1. The lowest BCUT2D eigenvalue weighted by Crippen LogP contribution is -2.54. The number of hydrogen-bond donors (Lipinski definition) is 1. The number of ether oxygens (including phenoxy) is 1.